The summed E-state index contributed by atoms with van der Waals surface area (Å²) in [6.07, 6.45) is 15.0. The first kappa shape index (κ1) is 40.3. The van der Waals surface area contributed by atoms with Crippen LogP contribution in [0.3, 0.4) is 0 Å². The Morgan fingerprint density at radius 2 is 1.27 bits per heavy atom. The second-order valence-corrected chi connectivity index (χ2v) is 17.1. The van der Waals surface area contributed by atoms with Crippen molar-refractivity contribution in [2.24, 2.45) is 11.3 Å². The molecule has 3 aliphatic carbocycles. The topological polar surface area (TPSA) is 0 Å². The van der Waals surface area contributed by atoms with Crippen LogP contribution in [-0.4, -0.2) is 3.21 Å². The molecule has 0 heterocycles. The van der Waals surface area contributed by atoms with E-state index in [0.29, 0.717) is 11.3 Å². The maximum atomic E-state index is 3.35. The van der Waals surface area contributed by atoms with Crippen molar-refractivity contribution in [3.63, 3.8) is 0 Å². The molecule has 0 saturated carbocycles. The van der Waals surface area contributed by atoms with Crippen LogP contribution in [0.15, 0.2) is 90.5 Å². The molecule has 0 aliphatic heterocycles. The molecule has 3 aliphatic rings. The van der Waals surface area contributed by atoms with Crippen LogP contribution in [0.1, 0.15) is 117 Å². The average Bonchev–Trinajstić information content (AvgIpc) is 3.74. The summed E-state index contributed by atoms with van der Waals surface area (Å²) in [5, 5.41) is 5.57. The Morgan fingerprint density at radius 1 is 0.792 bits per heavy atom. The molecule has 0 nitrogen and oxygen atoms in total. The molecule has 4 aromatic rings. The van der Waals surface area contributed by atoms with Crippen LogP contribution in [0.2, 0.25) is 0 Å². The van der Waals surface area contributed by atoms with Crippen LogP contribution in [0, 0.1) is 17.4 Å². The minimum absolute atomic E-state index is 0. The minimum Gasteiger partial charge on any atom is -1.00 e. The molecule has 252 valence electrons. The Bertz CT molecular complexity index is 1830. The van der Waals surface area contributed by atoms with Gasteiger partial charge in [-0.25, -0.2) is 6.08 Å². The van der Waals surface area contributed by atoms with Gasteiger partial charge in [0, 0.05) is 10.8 Å². The molecule has 0 bridgehead atoms. The first-order valence-corrected chi connectivity index (χ1v) is 18.3. The maximum absolute atomic E-state index is 3.35. The molecule has 1 unspecified atom stereocenters. The van der Waals surface area contributed by atoms with Crippen LogP contribution in [0.4, 0.5) is 0 Å². The summed E-state index contributed by atoms with van der Waals surface area (Å²) < 4.78 is 1.55. The van der Waals surface area contributed by atoms with Crippen LogP contribution in [0.5, 0.6) is 0 Å². The fourth-order valence-corrected chi connectivity index (χ4v) is 7.68. The number of fused-ring (bicyclic) bond motifs is 5. The van der Waals surface area contributed by atoms with Gasteiger partial charge in [-0.1, -0.05) is 109 Å². The monoisotopic (exact) mass is 752 g/mol. The molecule has 0 aromatic heterocycles. The van der Waals surface area contributed by atoms with Gasteiger partial charge in [0.2, 0.25) is 0 Å². The standard InChI is InChI=1S/C25H25.C11H17.C9H10.2ClH.Zr/c1-14-12-24(3,4)22-8-16-7-17-9-23-19(15(2)13-25(23,5)6)11-21(17)20(16)10-18(14)22;1-5-9-6-7-10(8-9)11(2,3)4;1-2-6-9-7-4-3-5-8-9;;;/h7-13H,1-6H3;7-9H,5H2,1-4H3;3-5,7-8H,2H2,1H3;2*1H;/q2*-1;;;;+2/p-2. The Balaban J connectivity index is 0.000000228. The number of hydrogen-bond acceptors (Lipinski definition) is 0. The van der Waals surface area contributed by atoms with Gasteiger partial charge >= 0.3 is 76.7 Å². The fourth-order valence-electron chi connectivity index (χ4n) is 7.27. The van der Waals surface area contributed by atoms with Crippen LogP contribution < -0.4 is 24.8 Å². The van der Waals surface area contributed by atoms with Gasteiger partial charge in [0.25, 0.3) is 0 Å². The molecule has 7 rings (SSSR count). The van der Waals surface area contributed by atoms with E-state index in [9.17, 15) is 0 Å². The third-order valence-electron chi connectivity index (χ3n) is 9.99. The summed E-state index contributed by atoms with van der Waals surface area (Å²) in [6, 6.07) is 22.7. The maximum Gasteiger partial charge on any atom is -1.00 e. The van der Waals surface area contributed by atoms with Gasteiger partial charge in [-0.15, -0.1) is 39.7 Å². The van der Waals surface area contributed by atoms with E-state index in [1.54, 1.807) is 3.21 Å². The summed E-state index contributed by atoms with van der Waals surface area (Å²) in [6.45, 7) is 24.9. The molecule has 0 radical (unpaired) electrons. The normalized spacial score (nSPS) is 17.9. The summed E-state index contributed by atoms with van der Waals surface area (Å²) in [5.74, 6) is 0.573. The zero-order valence-corrected chi connectivity index (χ0v) is 34.8. The number of rotatable bonds is 3. The van der Waals surface area contributed by atoms with E-state index in [-0.39, 0.29) is 35.6 Å². The van der Waals surface area contributed by atoms with Crippen molar-refractivity contribution in [3.05, 3.63) is 124 Å². The van der Waals surface area contributed by atoms with Gasteiger partial charge in [0.1, 0.15) is 0 Å². The Morgan fingerprint density at radius 3 is 1.65 bits per heavy atom. The SMILES string of the molecule is CC1=CC(C)(C)c2cc3[cH-]c4cc5c(cc4c3cc21)C(C)=CC5(C)C.CCC1[C-]=CC(C(C)(C)C)=C1.CC[C](=[Zr+2])c1ccccc1.[Cl-].[Cl-]. The van der Waals surface area contributed by atoms with Crippen molar-refractivity contribution in [2.75, 3.05) is 0 Å². The molecular weight excluding hydrogens is 703 g/mol. The third-order valence-corrected chi connectivity index (χ3v) is 11.6. The average molecular weight is 755 g/mol. The summed E-state index contributed by atoms with van der Waals surface area (Å²) >= 11 is 1.54. The van der Waals surface area contributed by atoms with Gasteiger partial charge in [0.15, 0.2) is 0 Å². The molecular formula is C45H52Cl2Zr-2. The molecule has 0 fully saturated rings. The van der Waals surface area contributed by atoms with Gasteiger partial charge < -0.3 is 24.8 Å². The number of benzene rings is 3. The molecule has 1 atom stereocenters. The number of hydrogen-bond donors (Lipinski definition) is 0. The summed E-state index contributed by atoms with van der Waals surface area (Å²) in [5.41, 5.74) is 12.0. The van der Waals surface area contributed by atoms with Crippen molar-refractivity contribution in [2.45, 2.75) is 99.8 Å². The van der Waals surface area contributed by atoms with E-state index >= 15 is 0 Å². The Hall–Kier alpha value is -2.18. The van der Waals surface area contributed by atoms with Gasteiger partial charge in [0.05, 0.1) is 0 Å². The quantitative estimate of drug-likeness (QED) is 0.206. The summed E-state index contributed by atoms with van der Waals surface area (Å²) in [7, 11) is 0. The van der Waals surface area contributed by atoms with Crippen molar-refractivity contribution in [3.8, 4) is 0 Å². The van der Waals surface area contributed by atoms with E-state index in [1.807, 2.05) is 0 Å². The van der Waals surface area contributed by atoms with E-state index < -0.39 is 0 Å². The van der Waals surface area contributed by atoms with E-state index in [4.69, 9.17) is 0 Å². The molecule has 48 heavy (non-hydrogen) atoms. The van der Waals surface area contributed by atoms with Crippen LogP contribution in [0.25, 0.3) is 32.7 Å². The van der Waals surface area contributed by atoms with E-state index in [2.05, 4.69) is 167 Å². The number of halogens is 2. The predicted molar refractivity (Wildman–Crippen MR) is 200 cm³/mol. The molecule has 0 spiro atoms. The molecule has 0 N–H and O–H groups in total. The van der Waals surface area contributed by atoms with Crippen molar-refractivity contribution in [1.82, 2.24) is 0 Å². The van der Waals surface area contributed by atoms with E-state index in [1.165, 1.54) is 103 Å². The molecule has 0 amide bonds. The first-order chi connectivity index (χ1) is 21.6. The third kappa shape index (κ3) is 8.23. The van der Waals surface area contributed by atoms with Gasteiger partial charge in [-0.2, -0.15) is 11.6 Å². The second-order valence-electron chi connectivity index (χ2n) is 15.6. The zero-order valence-electron chi connectivity index (χ0n) is 30.8. The second kappa shape index (κ2) is 15.4. The van der Waals surface area contributed by atoms with Gasteiger partial charge in [-0.3, -0.25) is 6.08 Å². The predicted octanol–water partition coefficient (Wildman–Crippen LogP) is 6.63. The van der Waals surface area contributed by atoms with Crippen molar-refractivity contribution < 1.29 is 49.0 Å². The first-order valence-electron chi connectivity index (χ1n) is 17.1. The van der Waals surface area contributed by atoms with Crippen LogP contribution >= 0.6 is 0 Å². The molecule has 4 aromatic carbocycles. The minimum atomic E-state index is 0. The van der Waals surface area contributed by atoms with E-state index in [0.717, 1.165) is 0 Å². The van der Waals surface area contributed by atoms with Gasteiger partial charge in [-0.05, 0) is 36.1 Å². The van der Waals surface area contributed by atoms with Crippen molar-refractivity contribution >= 4 is 35.9 Å². The largest absolute Gasteiger partial charge is 1.00 e. The number of allylic oxidation sites excluding steroid dienone is 8. The molecule has 0 saturated heterocycles. The zero-order chi connectivity index (χ0) is 33.6. The smallest absolute Gasteiger partial charge is 1.00 e. The Labute approximate surface area is 318 Å². The Kier molecular flexibility index (Phi) is 12.9. The van der Waals surface area contributed by atoms with Crippen LogP contribution in [-0.2, 0) is 35.1 Å². The fraction of sp³-hybridized carbons (Fsp3) is 0.378. The van der Waals surface area contributed by atoms with Crippen molar-refractivity contribution in [1.29, 1.82) is 0 Å². The summed E-state index contributed by atoms with van der Waals surface area (Å²) in [4.78, 5) is 0. The molecule has 3 heteroatoms.